The SMILES string of the molecule is O=c1[nH]cc(-c2cc([C@H]3C[C@@H]3c3ccc(F)c(F)c3)c3ncc(F)n3n2)c(=O)[nH]1. The van der Waals surface area contributed by atoms with Crippen LogP contribution in [-0.2, 0) is 0 Å². The molecule has 1 fully saturated rings. The molecule has 7 nitrogen and oxygen atoms in total. The van der Waals surface area contributed by atoms with Gasteiger partial charge in [-0.2, -0.15) is 14.0 Å². The van der Waals surface area contributed by atoms with Crippen LogP contribution in [-0.4, -0.2) is 24.6 Å². The maximum Gasteiger partial charge on any atom is 0.325 e. The molecular weight excluding hydrogens is 387 g/mol. The molecule has 3 heterocycles. The number of H-pyrrole nitrogens is 2. The first kappa shape index (κ1) is 17.4. The fraction of sp³-hybridized carbons (Fsp3) is 0.158. The number of hydrogen-bond acceptors (Lipinski definition) is 4. The average Bonchev–Trinajstić information content (AvgIpc) is 3.40. The Hall–Kier alpha value is -3.69. The molecule has 2 N–H and O–H groups in total. The van der Waals surface area contributed by atoms with Gasteiger partial charge in [0.1, 0.15) is 0 Å². The van der Waals surface area contributed by atoms with Gasteiger partial charge in [-0.3, -0.25) is 9.78 Å². The van der Waals surface area contributed by atoms with Crippen LogP contribution in [0.15, 0.2) is 46.2 Å². The van der Waals surface area contributed by atoms with Gasteiger partial charge in [0.15, 0.2) is 17.3 Å². The quantitative estimate of drug-likeness (QED) is 0.553. The van der Waals surface area contributed by atoms with Crippen LogP contribution < -0.4 is 11.2 Å². The Kier molecular flexibility index (Phi) is 3.70. The minimum absolute atomic E-state index is 0.0610. The van der Waals surface area contributed by atoms with Crippen LogP contribution in [0.2, 0.25) is 0 Å². The first-order valence-electron chi connectivity index (χ1n) is 8.74. The van der Waals surface area contributed by atoms with Gasteiger partial charge in [-0.05, 0) is 42.0 Å². The van der Waals surface area contributed by atoms with E-state index in [1.807, 2.05) is 0 Å². The number of nitrogens with zero attached hydrogens (tertiary/aromatic N) is 3. The molecular formula is C19H12F3N5O2. The van der Waals surface area contributed by atoms with E-state index in [4.69, 9.17) is 0 Å². The molecule has 0 unspecified atom stereocenters. The molecule has 4 aromatic rings. The van der Waals surface area contributed by atoms with Crippen LogP contribution in [0.5, 0.6) is 0 Å². The van der Waals surface area contributed by atoms with Crippen molar-refractivity contribution in [3.63, 3.8) is 0 Å². The summed E-state index contributed by atoms with van der Waals surface area (Å²) >= 11 is 0. The van der Waals surface area contributed by atoms with Crippen molar-refractivity contribution < 1.29 is 13.2 Å². The van der Waals surface area contributed by atoms with Crippen LogP contribution in [0.1, 0.15) is 29.4 Å². The van der Waals surface area contributed by atoms with Crippen LogP contribution in [0.3, 0.4) is 0 Å². The zero-order valence-corrected chi connectivity index (χ0v) is 14.6. The number of benzene rings is 1. The standard InChI is InChI=1S/C19H12F3N5O2/c20-13-2-1-8(3-14(13)21)9-4-10(9)11-5-15(12-6-24-19(29)25-18(12)28)26-27-16(22)7-23-17(11)27/h1-3,5-7,9-10H,4H2,(H2,24,25,28,29)/t9-,10+/m1/s1. The van der Waals surface area contributed by atoms with Gasteiger partial charge in [-0.15, -0.1) is 0 Å². The molecule has 1 aliphatic rings. The third-order valence-corrected chi connectivity index (χ3v) is 5.11. The molecule has 1 aromatic carbocycles. The number of aromatic nitrogens is 5. The van der Waals surface area contributed by atoms with Crippen molar-refractivity contribution in [2.75, 3.05) is 0 Å². The number of nitrogens with one attached hydrogen (secondary N) is 2. The number of rotatable bonds is 3. The minimum Gasteiger partial charge on any atom is -0.313 e. The summed E-state index contributed by atoms with van der Waals surface area (Å²) in [5, 5.41) is 4.12. The Balaban J connectivity index is 1.63. The predicted octanol–water partition coefficient (Wildman–Crippen LogP) is 2.46. The number of hydrogen-bond donors (Lipinski definition) is 2. The maximum absolute atomic E-state index is 14.2. The van der Waals surface area contributed by atoms with Crippen LogP contribution in [0.4, 0.5) is 13.2 Å². The lowest BCUT2D eigenvalue weighted by Gasteiger charge is -2.08. The molecule has 0 amide bonds. The van der Waals surface area contributed by atoms with Crippen LogP contribution in [0, 0.1) is 17.6 Å². The van der Waals surface area contributed by atoms with E-state index in [1.165, 1.54) is 12.3 Å². The number of halogens is 3. The van der Waals surface area contributed by atoms with Crippen molar-refractivity contribution in [1.29, 1.82) is 0 Å². The lowest BCUT2D eigenvalue weighted by molar-refractivity contribution is 0.507. The average molecular weight is 399 g/mol. The maximum atomic E-state index is 14.2. The second kappa shape index (κ2) is 6.16. The Morgan fingerprint density at radius 3 is 2.66 bits per heavy atom. The van der Waals surface area contributed by atoms with Gasteiger partial charge in [0.05, 0.1) is 17.5 Å². The highest BCUT2D eigenvalue weighted by atomic mass is 19.2. The van der Waals surface area contributed by atoms with Crippen molar-refractivity contribution >= 4 is 5.65 Å². The first-order chi connectivity index (χ1) is 13.9. The highest BCUT2D eigenvalue weighted by Crippen LogP contribution is 2.55. The second-order valence-electron chi connectivity index (χ2n) is 6.91. The smallest absolute Gasteiger partial charge is 0.313 e. The summed E-state index contributed by atoms with van der Waals surface area (Å²) in [6.45, 7) is 0. The molecule has 0 aliphatic heterocycles. The fourth-order valence-electron chi connectivity index (χ4n) is 3.62. The molecule has 146 valence electrons. The highest BCUT2D eigenvalue weighted by Gasteiger charge is 2.42. The third-order valence-electron chi connectivity index (χ3n) is 5.11. The summed E-state index contributed by atoms with van der Waals surface area (Å²) in [6.07, 6.45) is 2.84. The monoisotopic (exact) mass is 399 g/mol. The molecule has 29 heavy (non-hydrogen) atoms. The van der Waals surface area contributed by atoms with Gasteiger partial charge in [-0.25, -0.2) is 18.6 Å². The molecule has 1 aliphatic carbocycles. The topological polar surface area (TPSA) is 95.9 Å². The Labute approximate surface area is 159 Å². The van der Waals surface area contributed by atoms with E-state index in [0.29, 0.717) is 17.5 Å². The molecule has 10 heteroatoms. The van der Waals surface area contributed by atoms with Crippen LogP contribution in [0.25, 0.3) is 16.9 Å². The van der Waals surface area contributed by atoms with E-state index in [9.17, 15) is 22.8 Å². The minimum atomic E-state index is -0.930. The van der Waals surface area contributed by atoms with Gasteiger partial charge in [0, 0.05) is 11.8 Å². The van der Waals surface area contributed by atoms with Crippen molar-refractivity contribution in [3.05, 3.63) is 86.2 Å². The molecule has 3 aromatic heterocycles. The molecule has 1 saturated carbocycles. The van der Waals surface area contributed by atoms with Gasteiger partial charge < -0.3 is 4.98 Å². The first-order valence-corrected chi connectivity index (χ1v) is 8.74. The number of fused-ring (bicyclic) bond motifs is 1. The number of aromatic amines is 2. The zero-order valence-electron chi connectivity index (χ0n) is 14.6. The summed E-state index contributed by atoms with van der Waals surface area (Å²) in [4.78, 5) is 31.9. The fourth-order valence-corrected chi connectivity index (χ4v) is 3.62. The molecule has 0 radical (unpaired) electrons. The van der Waals surface area contributed by atoms with Crippen molar-refractivity contribution in [2.24, 2.45) is 0 Å². The Bertz CT molecular complexity index is 1390. The summed E-state index contributed by atoms with van der Waals surface area (Å²) in [7, 11) is 0. The lowest BCUT2D eigenvalue weighted by Crippen LogP contribution is -2.23. The molecule has 0 bridgehead atoms. The van der Waals surface area contributed by atoms with Gasteiger partial charge in [0.25, 0.3) is 5.56 Å². The summed E-state index contributed by atoms with van der Waals surface area (Å²) < 4.78 is 42.0. The molecule has 0 saturated heterocycles. The molecule has 5 rings (SSSR count). The van der Waals surface area contributed by atoms with Gasteiger partial charge in [0.2, 0.25) is 5.95 Å². The van der Waals surface area contributed by atoms with E-state index in [1.54, 1.807) is 6.07 Å². The predicted molar refractivity (Wildman–Crippen MR) is 96.1 cm³/mol. The number of imidazole rings is 1. The summed E-state index contributed by atoms with van der Waals surface area (Å²) in [5.74, 6) is -2.80. The van der Waals surface area contributed by atoms with Crippen molar-refractivity contribution in [2.45, 2.75) is 18.3 Å². The Morgan fingerprint density at radius 2 is 1.90 bits per heavy atom. The van der Waals surface area contributed by atoms with Crippen molar-refractivity contribution in [1.82, 2.24) is 24.6 Å². The summed E-state index contributed by atoms with van der Waals surface area (Å²) in [6, 6.07) is 5.34. The lowest BCUT2D eigenvalue weighted by atomic mass is 10.0. The summed E-state index contributed by atoms with van der Waals surface area (Å²) in [5.41, 5.74) is 0.402. The normalized spacial score (nSPS) is 18.3. The molecule has 2 atom stereocenters. The van der Waals surface area contributed by atoms with Crippen LogP contribution >= 0.6 is 0 Å². The Morgan fingerprint density at radius 1 is 1.07 bits per heavy atom. The van der Waals surface area contributed by atoms with E-state index in [-0.39, 0.29) is 28.7 Å². The second-order valence-corrected chi connectivity index (χ2v) is 6.91. The van der Waals surface area contributed by atoms with Gasteiger partial charge in [-0.1, -0.05) is 6.07 Å². The van der Waals surface area contributed by atoms with E-state index in [0.717, 1.165) is 22.8 Å². The van der Waals surface area contributed by atoms with E-state index in [2.05, 4.69) is 20.1 Å². The zero-order chi connectivity index (χ0) is 20.3. The van der Waals surface area contributed by atoms with E-state index >= 15 is 0 Å². The largest absolute Gasteiger partial charge is 0.325 e. The van der Waals surface area contributed by atoms with Crippen molar-refractivity contribution in [3.8, 4) is 11.3 Å². The third kappa shape index (κ3) is 2.84. The van der Waals surface area contributed by atoms with E-state index < -0.39 is 28.8 Å². The van der Waals surface area contributed by atoms with Gasteiger partial charge >= 0.3 is 5.69 Å². The highest BCUT2D eigenvalue weighted by molar-refractivity contribution is 5.63. The molecule has 0 spiro atoms.